The maximum absolute atomic E-state index is 12.2. The number of nitro groups is 1. The number of anilines is 1. The summed E-state index contributed by atoms with van der Waals surface area (Å²) in [5.41, 5.74) is -0.103. The van der Waals surface area contributed by atoms with Gasteiger partial charge in [0.1, 0.15) is 5.56 Å². The molecule has 2 aromatic rings. The van der Waals surface area contributed by atoms with Crippen LogP contribution in [0.1, 0.15) is 10.4 Å². The van der Waals surface area contributed by atoms with Crippen molar-refractivity contribution in [2.75, 3.05) is 5.32 Å². The van der Waals surface area contributed by atoms with Crippen LogP contribution in [0.5, 0.6) is 0 Å². The molecule has 0 radical (unpaired) electrons. The molecular formula is C13H7BrCl2N2O3. The lowest BCUT2D eigenvalue weighted by Gasteiger charge is -2.08. The number of nitrogens with zero attached hydrogens (tertiary/aromatic N) is 1. The zero-order valence-electron chi connectivity index (χ0n) is 10.3. The standard InChI is InChI=1S/C13H7BrCl2N2O3/c14-8-6-7(4-5-9(8)15)17-13(19)12-10(16)2-1-3-11(12)18(20)21/h1-6H,(H,17,19). The van der Waals surface area contributed by atoms with Crippen molar-refractivity contribution in [3.05, 3.63) is 66.6 Å². The zero-order valence-corrected chi connectivity index (χ0v) is 13.4. The van der Waals surface area contributed by atoms with Crippen molar-refractivity contribution in [1.29, 1.82) is 0 Å². The van der Waals surface area contributed by atoms with Crippen LogP contribution in [0, 0.1) is 10.1 Å². The first kappa shape index (κ1) is 15.8. The number of amides is 1. The summed E-state index contributed by atoms with van der Waals surface area (Å²) in [4.78, 5) is 22.5. The molecule has 8 heteroatoms. The molecule has 0 aliphatic heterocycles. The summed E-state index contributed by atoms with van der Waals surface area (Å²) >= 11 is 15.0. The molecule has 21 heavy (non-hydrogen) atoms. The van der Waals surface area contributed by atoms with Crippen LogP contribution in [0.4, 0.5) is 11.4 Å². The van der Waals surface area contributed by atoms with Gasteiger partial charge in [0.15, 0.2) is 0 Å². The Morgan fingerprint density at radius 3 is 2.52 bits per heavy atom. The van der Waals surface area contributed by atoms with E-state index in [1.807, 2.05) is 0 Å². The Morgan fingerprint density at radius 2 is 1.90 bits per heavy atom. The Balaban J connectivity index is 2.36. The van der Waals surface area contributed by atoms with E-state index in [4.69, 9.17) is 23.2 Å². The van der Waals surface area contributed by atoms with Crippen molar-refractivity contribution in [3.8, 4) is 0 Å². The number of hydrogen-bond acceptors (Lipinski definition) is 3. The molecule has 0 unspecified atom stereocenters. The van der Waals surface area contributed by atoms with Crippen molar-refractivity contribution in [1.82, 2.24) is 0 Å². The van der Waals surface area contributed by atoms with Crippen molar-refractivity contribution >= 4 is 56.4 Å². The molecule has 1 N–H and O–H groups in total. The predicted octanol–water partition coefficient (Wildman–Crippen LogP) is 4.92. The van der Waals surface area contributed by atoms with Crippen LogP contribution in [0.15, 0.2) is 40.9 Å². The molecule has 0 fully saturated rings. The number of carbonyl (C=O) groups excluding carboxylic acids is 1. The van der Waals surface area contributed by atoms with Crippen molar-refractivity contribution in [3.63, 3.8) is 0 Å². The summed E-state index contributed by atoms with van der Waals surface area (Å²) in [5.74, 6) is -0.665. The van der Waals surface area contributed by atoms with Crippen LogP contribution < -0.4 is 5.32 Å². The summed E-state index contributed by atoms with van der Waals surface area (Å²) in [6, 6.07) is 8.80. The highest BCUT2D eigenvalue weighted by atomic mass is 79.9. The van der Waals surface area contributed by atoms with Crippen LogP contribution in [0.25, 0.3) is 0 Å². The number of nitro benzene ring substituents is 1. The number of benzene rings is 2. The maximum atomic E-state index is 12.2. The van der Waals surface area contributed by atoms with E-state index in [0.717, 1.165) is 0 Å². The molecule has 0 heterocycles. The first-order chi connectivity index (χ1) is 9.90. The van der Waals surface area contributed by atoms with E-state index in [9.17, 15) is 14.9 Å². The molecule has 1 amide bonds. The monoisotopic (exact) mass is 388 g/mol. The van der Waals surface area contributed by atoms with E-state index in [1.54, 1.807) is 18.2 Å². The van der Waals surface area contributed by atoms with Gasteiger partial charge in [-0.2, -0.15) is 0 Å². The second-order valence-corrected chi connectivity index (χ2v) is 5.64. The van der Waals surface area contributed by atoms with E-state index < -0.39 is 10.8 Å². The molecule has 0 atom stereocenters. The van der Waals surface area contributed by atoms with Gasteiger partial charge in [0.05, 0.1) is 15.0 Å². The Kier molecular flexibility index (Phi) is 4.82. The number of rotatable bonds is 3. The lowest BCUT2D eigenvalue weighted by atomic mass is 10.1. The average molecular weight is 390 g/mol. The molecule has 0 aliphatic carbocycles. The summed E-state index contributed by atoms with van der Waals surface area (Å²) < 4.78 is 0.593. The minimum absolute atomic E-state index is 0.00901. The Hall–Kier alpha value is -1.63. The van der Waals surface area contributed by atoms with E-state index in [2.05, 4.69) is 21.2 Å². The van der Waals surface area contributed by atoms with E-state index in [0.29, 0.717) is 15.2 Å². The van der Waals surface area contributed by atoms with Gasteiger partial charge in [-0.15, -0.1) is 0 Å². The average Bonchev–Trinajstić information content (AvgIpc) is 2.42. The minimum atomic E-state index is -0.665. The van der Waals surface area contributed by atoms with Gasteiger partial charge in [-0.25, -0.2) is 0 Å². The molecule has 0 saturated heterocycles. The molecule has 0 aromatic heterocycles. The van der Waals surface area contributed by atoms with Crippen LogP contribution >= 0.6 is 39.1 Å². The lowest BCUT2D eigenvalue weighted by Crippen LogP contribution is -2.14. The first-order valence-electron chi connectivity index (χ1n) is 5.59. The van der Waals surface area contributed by atoms with Gasteiger partial charge in [-0.05, 0) is 40.2 Å². The van der Waals surface area contributed by atoms with Crippen LogP contribution in [-0.2, 0) is 0 Å². The van der Waals surface area contributed by atoms with E-state index in [1.165, 1.54) is 18.2 Å². The van der Waals surface area contributed by atoms with Crippen LogP contribution in [-0.4, -0.2) is 10.8 Å². The summed E-state index contributed by atoms with van der Waals surface area (Å²) in [6.07, 6.45) is 0. The highest BCUT2D eigenvalue weighted by Gasteiger charge is 2.23. The molecule has 2 aromatic carbocycles. The van der Waals surface area contributed by atoms with E-state index >= 15 is 0 Å². The second-order valence-electron chi connectivity index (χ2n) is 3.97. The van der Waals surface area contributed by atoms with Gasteiger partial charge >= 0.3 is 0 Å². The fourth-order valence-corrected chi connectivity index (χ4v) is 2.41. The normalized spacial score (nSPS) is 10.2. The lowest BCUT2D eigenvalue weighted by molar-refractivity contribution is -0.385. The van der Waals surface area contributed by atoms with Gasteiger partial charge in [0, 0.05) is 16.2 Å². The third-order valence-electron chi connectivity index (χ3n) is 2.59. The zero-order chi connectivity index (χ0) is 15.6. The molecule has 0 aliphatic rings. The van der Waals surface area contributed by atoms with Crippen LogP contribution in [0.3, 0.4) is 0 Å². The van der Waals surface area contributed by atoms with Gasteiger partial charge in [-0.3, -0.25) is 14.9 Å². The molecule has 0 saturated carbocycles. The topological polar surface area (TPSA) is 72.2 Å². The summed E-state index contributed by atoms with van der Waals surface area (Å²) in [7, 11) is 0. The molecule has 0 spiro atoms. The fourth-order valence-electron chi connectivity index (χ4n) is 1.66. The Bertz CT molecular complexity index is 737. The van der Waals surface area contributed by atoms with Crippen molar-refractivity contribution in [2.45, 2.75) is 0 Å². The third kappa shape index (κ3) is 3.53. The minimum Gasteiger partial charge on any atom is -0.322 e. The van der Waals surface area contributed by atoms with Crippen LogP contribution in [0.2, 0.25) is 10.0 Å². The summed E-state index contributed by atoms with van der Waals surface area (Å²) in [6.45, 7) is 0. The Morgan fingerprint density at radius 1 is 1.19 bits per heavy atom. The Labute approximate surface area is 138 Å². The summed E-state index contributed by atoms with van der Waals surface area (Å²) in [5, 5.41) is 14.0. The predicted molar refractivity (Wildman–Crippen MR) is 85.2 cm³/mol. The first-order valence-corrected chi connectivity index (χ1v) is 7.14. The number of hydrogen-bond donors (Lipinski definition) is 1. The van der Waals surface area contributed by atoms with Crippen molar-refractivity contribution < 1.29 is 9.72 Å². The largest absolute Gasteiger partial charge is 0.322 e. The molecular weight excluding hydrogens is 383 g/mol. The fraction of sp³-hybridized carbons (Fsp3) is 0. The SMILES string of the molecule is O=C(Nc1ccc(Cl)c(Br)c1)c1c(Cl)cccc1[N+](=O)[O-]. The van der Waals surface area contributed by atoms with Gasteiger partial charge in [-0.1, -0.05) is 29.3 Å². The highest BCUT2D eigenvalue weighted by molar-refractivity contribution is 9.10. The maximum Gasteiger partial charge on any atom is 0.283 e. The second kappa shape index (κ2) is 6.43. The van der Waals surface area contributed by atoms with E-state index in [-0.39, 0.29) is 16.3 Å². The third-order valence-corrected chi connectivity index (χ3v) is 4.12. The van der Waals surface area contributed by atoms with Gasteiger partial charge in [0.2, 0.25) is 0 Å². The molecule has 0 bridgehead atoms. The van der Waals surface area contributed by atoms with Gasteiger partial charge < -0.3 is 5.32 Å². The quantitative estimate of drug-likeness (QED) is 0.598. The molecule has 5 nitrogen and oxygen atoms in total. The van der Waals surface area contributed by atoms with Crippen molar-refractivity contribution in [2.24, 2.45) is 0 Å². The highest BCUT2D eigenvalue weighted by Crippen LogP contribution is 2.29. The molecule has 108 valence electrons. The molecule has 2 rings (SSSR count). The smallest absolute Gasteiger partial charge is 0.283 e. The number of nitrogens with one attached hydrogen (secondary N) is 1. The number of halogens is 3. The van der Waals surface area contributed by atoms with Gasteiger partial charge in [0.25, 0.3) is 11.6 Å². The number of carbonyl (C=O) groups is 1.